The minimum Gasteiger partial charge on any atom is -0.462 e. The molecule has 86 heavy (non-hydrogen) atoms. The van der Waals surface area contributed by atoms with Crippen molar-refractivity contribution in [2.45, 2.75) is 412 Å². The lowest BCUT2D eigenvalue weighted by molar-refractivity contribution is -0.161. The molecule has 0 amide bonds. The van der Waals surface area contributed by atoms with Crippen LogP contribution in [0, 0.1) is 0 Å². The number of ether oxygens (including phenoxy) is 2. The molecule has 0 saturated carbocycles. The second-order valence-corrected chi connectivity index (χ2v) is 27.3. The Morgan fingerprint density at radius 1 is 0.349 bits per heavy atom. The van der Waals surface area contributed by atoms with Crippen molar-refractivity contribution in [1.29, 1.82) is 0 Å². The number of nitrogens with two attached hydrogens (primary N) is 1. The van der Waals surface area contributed by atoms with Crippen molar-refractivity contribution in [3.63, 3.8) is 0 Å². The van der Waals surface area contributed by atoms with Gasteiger partial charge in [-0.25, -0.2) is 4.57 Å². The summed E-state index contributed by atoms with van der Waals surface area (Å²) in [5, 5.41) is 0. The highest BCUT2D eigenvalue weighted by Crippen LogP contribution is 2.43. The van der Waals surface area contributed by atoms with E-state index in [4.69, 9.17) is 24.3 Å². The number of hydrogen-bond donors (Lipinski definition) is 2. The number of esters is 2. The standard InChI is InChI=1S/C76H146NO8P/c1-3-5-7-9-11-13-15-17-19-21-23-25-27-29-30-31-32-33-34-35-36-37-38-39-40-41-42-43-44-45-47-49-51-53-55-57-59-61-63-65-67-69-76(79)85-74(73-84-86(80,81)83-71-70-77)72-82-75(78)68-66-64-62-60-58-56-54-52-50-48-46-28-26-24-22-20-18-16-14-12-10-8-6-4-2/h15,17,21,23,27,29,74H,3-14,16,18-20,22,24-26,28,30-73,77H2,1-2H3,(H,80,81)/b17-15-,23-21-,29-27-. The van der Waals surface area contributed by atoms with Crippen LogP contribution in [0.5, 0.6) is 0 Å². The lowest BCUT2D eigenvalue weighted by atomic mass is 10.0. The van der Waals surface area contributed by atoms with Gasteiger partial charge >= 0.3 is 19.8 Å². The van der Waals surface area contributed by atoms with Gasteiger partial charge in [0, 0.05) is 19.4 Å². The van der Waals surface area contributed by atoms with Gasteiger partial charge in [0.05, 0.1) is 13.2 Å². The fourth-order valence-electron chi connectivity index (χ4n) is 11.7. The fraction of sp³-hybridized carbons (Fsp3) is 0.895. The Morgan fingerprint density at radius 3 is 0.895 bits per heavy atom. The van der Waals surface area contributed by atoms with Crippen molar-refractivity contribution in [3.05, 3.63) is 36.5 Å². The van der Waals surface area contributed by atoms with Crippen LogP contribution in [-0.2, 0) is 32.7 Å². The number of unbranched alkanes of at least 4 members (excludes halogenated alkanes) is 54. The molecule has 0 rings (SSSR count). The lowest BCUT2D eigenvalue weighted by Crippen LogP contribution is -2.29. The molecule has 0 aliphatic heterocycles. The zero-order chi connectivity index (χ0) is 62.3. The van der Waals surface area contributed by atoms with Gasteiger partial charge in [-0.2, -0.15) is 0 Å². The van der Waals surface area contributed by atoms with Crippen LogP contribution in [0.3, 0.4) is 0 Å². The summed E-state index contributed by atoms with van der Waals surface area (Å²) in [6, 6.07) is 0. The second-order valence-electron chi connectivity index (χ2n) is 25.9. The van der Waals surface area contributed by atoms with E-state index in [2.05, 4.69) is 50.3 Å². The van der Waals surface area contributed by atoms with Crippen LogP contribution < -0.4 is 5.73 Å². The van der Waals surface area contributed by atoms with E-state index in [1.807, 2.05) is 0 Å². The number of allylic oxidation sites excluding steroid dienone is 6. The van der Waals surface area contributed by atoms with Gasteiger partial charge in [-0.1, -0.05) is 378 Å². The Bertz CT molecular complexity index is 1500. The molecule has 0 aromatic rings. The number of hydrogen-bond acceptors (Lipinski definition) is 8. The smallest absolute Gasteiger partial charge is 0.462 e. The SMILES string of the molecule is CCCCCCC/C=C\C/C=C\C/C=C\CCCCCCCCCCCCCCCCCCCCCCCCCCCCC(=O)OC(COC(=O)CCCCCCCCCCCCCCCCCCCCCCCCCC)COP(=O)(O)OCCN. The van der Waals surface area contributed by atoms with Crippen molar-refractivity contribution in [2.24, 2.45) is 5.73 Å². The van der Waals surface area contributed by atoms with Gasteiger partial charge in [0.25, 0.3) is 0 Å². The van der Waals surface area contributed by atoms with Gasteiger partial charge in [0.1, 0.15) is 6.61 Å². The fourth-order valence-corrected chi connectivity index (χ4v) is 12.4. The zero-order valence-corrected chi connectivity index (χ0v) is 58.2. The highest BCUT2D eigenvalue weighted by Gasteiger charge is 2.26. The van der Waals surface area contributed by atoms with E-state index in [-0.39, 0.29) is 38.6 Å². The summed E-state index contributed by atoms with van der Waals surface area (Å²) >= 11 is 0. The summed E-state index contributed by atoms with van der Waals surface area (Å²) in [4.78, 5) is 35.4. The number of carbonyl (C=O) groups is 2. The molecule has 9 nitrogen and oxygen atoms in total. The predicted octanol–water partition coefficient (Wildman–Crippen LogP) is 25.0. The summed E-state index contributed by atoms with van der Waals surface area (Å²) in [6.45, 7) is 3.82. The first kappa shape index (κ1) is 84.2. The molecule has 0 saturated heterocycles. The van der Waals surface area contributed by atoms with Crippen molar-refractivity contribution in [2.75, 3.05) is 26.4 Å². The van der Waals surface area contributed by atoms with E-state index >= 15 is 0 Å². The van der Waals surface area contributed by atoms with Gasteiger partial charge < -0.3 is 20.1 Å². The highest BCUT2D eigenvalue weighted by atomic mass is 31.2. The molecule has 0 heterocycles. The molecule has 0 bridgehead atoms. The van der Waals surface area contributed by atoms with Gasteiger partial charge in [-0.15, -0.1) is 0 Å². The highest BCUT2D eigenvalue weighted by molar-refractivity contribution is 7.47. The first-order valence-electron chi connectivity index (χ1n) is 38.0. The topological polar surface area (TPSA) is 134 Å². The Hall–Kier alpha value is -1.77. The second kappa shape index (κ2) is 72.3. The third-order valence-electron chi connectivity index (χ3n) is 17.3. The molecular weight excluding hydrogens is 1090 g/mol. The Balaban J connectivity index is 3.74. The Morgan fingerprint density at radius 2 is 0.605 bits per heavy atom. The summed E-state index contributed by atoms with van der Waals surface area (Å²) in [5.41, 5.74) is 5.41. The average molecular weight is 1230 g/mol. The monoisotopic (exact) mass is 1230 g/mol. The number of rotatable bonds is 73. The van der Waals surface area contributed by atoms with E-state index in [9.17, 15) is 19.0 Å². The van der Waals surface area contributed by atoms with Crippen LogP contribution in [0.15, 0.2) is 36.5 Å². The maximum Gasteiger partial charge on any atom is 0.472 e. The van der Waals surface area contributed by atoms with Crippen LogP contribution in [0.25, 0.3) is 0 Å². The zero-order valence-electron chi connectivity index (χ0n) is 57.3. The molecule has 10 heteroatoms. The van der Waals surface area contributed by atoms with E-state index in [1.54, 1.807) is 0 Å². The van der Waals surface area contributed by atoms with Crippen molar-refractivity contribution in [1.82, 2.24) is 0 Å². The number of carbonyl (C=O) groups excluding carboxylic acids is 2. The van der Waals surface area contributed by atoms with Crippen LogP contribution >= 0.6 is 7.82 Å². The summed E-state index contributed by atoms with van der Waals surface area (Å²) in [7, 11) is -4.39. The van der Waals surface area contributed by atoms with Gasteiger partial charge in [0.15, 0.2) is 6.10 Å². The van der Waals surface area contributed by atoms with Crippen LogP contribution in [0.4, 0.5) is 0 Å². The molecule has 0 spiro atoms. The number of phosphoric ester groups is 1. The van der Waals surface area contributed by atoms with Crippen molar-refractivity contribution < 1.29 is 37.6 Å². The van der Waals surface area contributed by atoms with Gasteiger partial charge in [-0.05, 0) is 51.4 Å². The average Bonchev–Trinajstić information content (AvgIpc) is 3.58. The molecule has 0 aliphatic carbocycles. The molecule has 508 valence electrons. The number of phosphoric acid groups is 1. The third kappa shape index (κ3) is 71.3. The van der Waals surface area contributed by atoms with Crippen molar-refractivity contribution >= 4 is 19.8 Å². The van der Waals surface area contributed by atoms with Crippen LogP contribution in [-0.4, -0.2) is 49.3 Å². The third-order valence-corrected chi connectivity index (χ3v) is 18.3. The van der Waals surface area contributed by atoms with E-state index in [0.29, 0.717) is 6.42 Å². The minimum atomic E-state index is -4.39. The van der Waals surface area contributed by atoms with Gasteiger partial charge in [-0.3, -0.25) is 18.6 Å². The van der Waals surface area contributed by atoms with Gasteiger partial charge in [0.2, 0.25) is 0 Å². The quantitative estimate of drug-likeness (QED) is 0.0264. The summed E-state index contributed by atoms with van der Waals surface area (Å²) < 4.78 is 33.2. The Labute approximate surface area is 535 Å². The maximum atomic E-state index is 12.8. The first-order chi connectivity index (χ1) is 42.3. The molecule has 3 N–H and O–H groups in total. The largest absolute Gasteiger partial charge is 0.472 e. The molecule has 0 fully saturated rings. The molecule has 0 aromatic heterocycles. The van der Waals surface area contributed by atoms with Crippen LogP contribution in [0.1, 0.15) is 406 Å². The molecule has 0 radical (unpaired) electrons. The minimum absolute atomic E-state index is 0.0571. The van der Waals surface area contributed by atoms with E-state index in [1.165, 1.54) is 327 Å². The van der Waals surface area contributed by atoms with Crippen molar-refractivity contribution in [3.8, 4) is 0 Å². The molecule has 2 atom stereocenters. The van der Waals surface area contributed by atoms with Crippen LogP contribution in [0.2, 0.25) is 0 Å². The van der Waals surface area contributed by atoms with E-state index < -0.39 is 26.5 Å². The molecule has 0 aromatic carbocycles. The summed E-state index contributed by atoms with van der Waals surface area (Å²) in [6.07, 6.45) is 91.3. The normalized spacial score (nSPS) is 13.0. The lowest BCUT2D eigenvalue weighted by Gasteiger charge is -2.19. The van der Waals surface area contributed by atoms with E-state index in [0.717, 1.165) is 44.9 Å². The first-order valence-corrected chi connectivity index (χ1v) is 39.5. The molecule has 2 unspecified atom stereocenters. The molecule has 0 aliphatic rings. The maximum absolute atomic E-state index is 12.8. The Kier molecular flexibility index (Phi) is 70.8. The molecular formula is C76H146NO8P. The predicted molar refractivity (Wildman–Crippen MR) is 372 cm³/mol. The summed E-state index contributed by atoms with van der Waals surface area (Å²) in [5.74, 6) is -0.800.